The van der Waals surface area contributed by atoms with Gasteiger partial charge < -0.3 is 10.1 Å². The van der Waals surface area contributed by atoms with Gasteiger partial charge in [0.25, 0.3) is 0 Å². The number of halogens is 1. The molecule has 0 saturated carbocycles. The average Bonchev–Trinajstić information content (AvgIpc) is 2.28. The highest BCUT2D eigenvalue weighted by Crippen LogP contribution is 2.18. The summed E-state index contributed by atoms with van der Waals surface area (Å²) in [5, 5.41) is 9.13. The van der Waals surface area contributed by atoms with Crippen molar-refractivity contribution < 1.29 is 9.50 Å². The minimum Gasteiger partial charge on any atom is -0.386 e. The van der Waals surface area contributed by atoms with E-state index in [1.54, 1.807) is 6.07 Å². The monoisotopic (exact) mass is 157 g/mol. The van der Waals surface area contributed by atoms with E-state index in [1.165, 1.54) is 0 Å². The van der Waals surface area contributed by atoms with E-state index in [2.05, 4.69) is 4.98 Å². The number of H-pyrrole nitrogens is 1. The van der Waals surface area contributed by atoms with Crippen molar-refractivity contribution in [3.63, 3.8) is 0 Å². The molecule has 0 fully saturated rings. The number of aromatic nitrogens is 1. The molecule has 0 radical (unpaired) electrons. The maximum atomic E-state index is 12.0. The third-order valence-electron chi connectivity index (χ3n) is 1.69. The quantitative estimate of drug-likeness (QED) is 0.672. The van der Waals surface area contributed by atoms with E-state index in [0.717, 1.165) is 11.4 Å². The fourth-order valence-corrected chi connectivity index (χ4v) is 1.17. The molecule has 2 nitrogen and oxygen atoms in total. The van der Waals surface area contributed by atoms with Crippen LogP contribution in [0.4, 0.5) is 4.39 Å². The zero-order chi connectivity index (χ0) is 8.43. The molecule has 1 aromatic heterocycles. The summed E-state index contributed by atoms with van der Waals surface area (Å²) in [4.78, 5) is 3.00. The lowest BCUT2D eigenvalue weighted by atomic mass is 10.1. The first-order valence-corrected chi connectivity index (χ1v) is 3.55. The van der Waals surface area contributed by atoms with Crippen LogP contribution in [0.2, 0.25) is 0 Å². The summed E-state index contributed by atoms with van der Waals surface area (Å²) in [7, 11) is 0. The van der Waals surface area contributed by atoms with Crippen LogP contribution in [0.1, 0.15) is 23.1 Å². The lowest BCUT2D eigenvalue weighted by Gasteiger charge is -2.03. The number of rotatable bonds is 2. The lowest BCUT2D eigenvalue weighted by Crippen LogP contribution is -1.99. The van der Waals surface area contributed by atoms with Crippen LogP contribution in [-0.2, 0) is 0 Å². The smallest absolute Gasteiger partial charge is 0.120 e. The van der Waals surface area contributed by atoms with Gasteiger partial charge in [-0.1, -0.05) is 0 Å². The van der Waals surface area contributed by atoms with E-state index >= 15 is 0 Å². The predicted molar refractivity (Wildman–Crippen MR) is 41.2 cm³/mol. The Balaban J connectivity index is 2.93. The molecule has 1 atom stereocenters. The van der Waals surface area contributed by atoms with Gasteiger partial charge in [-0.05, 0) is 19.9 Å². The molecule has 0 spiro atoms. The SMILES string of the molecule is Cc1cc(C(O)CF)c(C)[nH]1. The molecule has 0 aliphatic carbocycles. The van der Waals surface area contributed by atoms with Crippen LogP contribution in [0.3, 0.4) is 0 Å². The first kappa shape index (κ1) is 8.27. The van der Waals surface area contributed by atoms with Crippen molar-refractivity contribution in [3.05, 3.63) is 23.0 Å². The number of aryl methyl sites for hydroxylation is 2. The van der Waals surface area contributed by atoms with Crippen molar-refractivity contribution in [1.29, 1.82) is 0 Å². The van der Waals surface area contributed by atoms with Crippen molar-refractivity contribution in [2.75, 3.05) is 6.67 Å². The van der Waals surface area contributed by atoms with E-state index in [4.69, 9.17) is 5.11 Å². The lowest BCUT2D eigenvalue weighted by molar-refractivity contribution is 0.141. The van der Waals surface area contributed by atoms with Gasteiger partial charge in [0.05, 0.1) is 0 Å². The first-order valence-electron chi connectivity index (χ1n) is 3.55. The van der Waals surface area contributed by atoms with E-state index in [1.807, 2.05) is 13.8 Å². The van der Waals surface area contributed by atoms with E-state index < -0.39 is 12.8 Å². The molecule has 11 heavy (non-hydrogen) atoms. The van der Waals surface area contributed by atoms with Gasteiger partial charge in [0.2, 0.25) is 0 Å². The molecule has 1 aromatic rings. The number of hydrogen-bond acceptors (Lipinski definition) is 1. The van der Waals surface area contributed by atoms with Crippen molar-refractivity contribution >= 4 is 0 Å². The van der Waals surface area contributed by atoms with Gasteiger partial charge >= 0.3 is 0 Å². The molecule has 2 N–H and O–H groups in total. The van der Waals surface area contributed by atoms with Gasteiger partial charge in [0.1, 0.15) is 12.8 Å². The summed E-state index contributed by atoms with van der Waals surface area (Å²) in [5.74, 6) is 0. The Morgan fingerprint density at radius 2 is 2.27 bits per heavy atom. The molecule has 0 aromatic carbocycles. The van der Waals surface area contributed by atoms with Gasteiger partial charge in [-0.2, -0.15) is 0 Å². The van der Waals surface area contributed by atoms with Crippen LogP contribution in [0.5, 0.6) is 0 Å². The molecule has 1 unspecified atom stereocenters. The molecular weight excluding hydrogens is 145 g/mol. The van der Waals surface area contributed by atoms with Gasteiger partial charge in [0, 0.05) is 17.0 Å². The summed E-state index contributed by atoms with van der Waals surface area (Å²) >= 11 is 0. The summed E-state index contributed by atoms with van der Waals surface area (Å²) < 4.78 is 12.0. The third kappa shape index (κ3) is 1.60. The highest BCUT2D eigenvalue weighted by Gasteiger charge is 2.11. The van der Waals surface area contributed by atoms with Crippen molar-refractivity contribution in [2.45, 2.75) is 20.0 Å². The average molecular weight is 157 g/mol. The number of aliphatic hydroxyl groups excluding tert-OH is 1. The molecule has 0 bridgehead atoms. The number of aromatic amines is 1. The zero-order valence-electron chi connectivity index (χ0n) is 6.69. The molecule has 3 heteroatoms. The summed E-state index contributed by atoms with van der Waals surface area (Å²) in [6, 6.07) is 1.76. The standard InChI is InChI=1S/C8H12FNO/c1-5-3-7(6(2)10-5)8(11)4-9/h3,8,10-11H,4H2,1-2H3. The Morgan fingerprint density at radius 3 is 2.64 bits per heavy atom. The second kappa shape index (κ2) is 3.05. The van der Waals surface area contributed by atoms with E-state index in [9.17, 15) is 4.39 Å². The molecule has 0 aliphatic heterocycles. The van der Waals surface area contributed by atoms with Crippen molar-refractivity contribution in [3.8, 4) is 0 Å². The van der Waals surface area contributed by atoms with Crippen LogP contribution < -0.4 is 0 Å². The Labute approximate surface area is 65.1 Å². The first-order chi connectivity index (χ1) is 5.15. The topological polar surface area (TPSA) is 36.0 Å². The largest absolute Gasteiger partial charge is 0.386 e. The van der Waals surface area contributed by atoms with Crippen LogP contribution in [-0.4, -0.2) is 16.8 Å². The maximum Gasteiger partial charge on any atom is 0.120 e. The van der Waals surface area contributed by atoms with Crippen LogP contribution in [0.25, 0.3) is 0 Å². The number of nitrogens with one attached hydrogen (secondary N) is 1. The van der Waals surface area contributed by atoms with Crippen molar-refractivity contribution in [1.82, 2.24) is 4.98 Å². The number of hydrogen-bond donors (Lipinski definition) is 2. The zero-order valence-corrected chi connectivity index (χ0v) is 6.69. The molecule has 1 heterocycles. The fraction of sp³-hybridized carbons (Fsp3) is 0.500. The normalized spacial score (nSPS) is 13.5. The summed E-state index contributed by atoms with van der Waals surface area (Å²) in [6.07, 6.45) is -0.972. The molecule has 1 rings (SSSR count). The number of alkyl halides is 1. The third-order valence-corrected chi connectivity index (χ3v) is 1.69. The molecule has 0 saturated heterocycles. The maximum absolute atomic E-state index is 12.0. The van der Waals surface area contributed by atoms with Gasteiger partial charge in [-0.25, -0.2) is 4.39 Å². The minimum absolute atomic E-state index is 0.657. The van der Waals surface area contributed by atoms with Gasteiger partial charge in [-0.3, -0.25) is 0 Å². The fourth-order valence-electron chi connectivity index (χ4n) is 1.17. The van der Waals surface area contributed by atoms with Crippen LogP contribution in [0, 0.1) is 13.8 Å². The minimum atomic E-state index is -0.972. The summed E-state index contributed by atoms with van der Waals surface area (Å²) in [6.45, 7) is 2.97. The molecule has 62 valence electrons. The Morgan fingerprint density at radius 1 is 1.64 bits per heavy atom. The Kier molecular flexibility index (Phi) is 2.29. The van der Waals surface area contributed by atoms with Crippen LogP contribution >= 0.6 is 0 Å². The van der Waals surface area contributed by atoms with E-state index in [-0.39, 0.29) is 0 Å². The predicted octanol–water partition coefficient (Wildman–Crippen LogP) is 1.63. The Bertz CT molecular complexity index is 244. The molecular formula is C8H12FNO. The number of aliphatic hydroxyl groups is 1. The van der Waals surface area contributed by atoms with Gasteiger partial charge in [0.15, 0.2) is 0 Å². The van der Waals surface area contributed by atoms with Crippen LogP contribution in [0.15, 0.2) is 6.07 Å². The summed E-state index contributed by atoms with van der Waals surface area (Å²) in [5.41, 5.74) is 2.45. The second-order valence-corrected chi connectivity index (χ2v) is 2.70. The second-order valence-electron chi connectivity index (χ2n) is 2.70. The highest BCUT2D eigenvalue weighted by molar-refractivity contribution is 5.26. The van der Waals surface area contributed by atoms with E-state index in [0.29, 0.717) is 5.56 Å². The highest BCUT2D eigenvalue weighted by atomic mass is 19.1. The van der Waals surface area contributed by atoms with Gasteiger partial charge in [-0.15, -0.1) is 0 Å². The molecule has 0 amide bonds. The molecule has 0 aliphatic rings. The van der Waals surface area contributed by atoms with Crippen molar-refractivity contribution in [2.24, 2.45) is 0 Å². The Hall–Kier alpha value is -0.830.